The second-order valence-electron chi connectivity index (χ2n) is 8.33. The Morgan fingerprint density at radius 3 is 2.66 bits per heavy atom. The Morgan fingerprint density at radius 1 is 1.25 bits per heavy atom. The molecule has 32 heavy (non-hydrogen) atoms. The molecule has 0 saturated heterocycles. The molecule has 2 atom stereocenters. The van der Waals surface area contributed by atoms with Gasteiger partial charge in [0.1, 0.15) is 23.2 Å². The van der Waals surface area contributed by atoms with E-state index in [-0.39, 0.29) is 25.4 Å². The van der Waals surface area contributed by atoms with Gasteiger partial charge in [-0.3, -0.25) is 4.79 Å². The van der Waals surface area contributed by atoms with Crippen molar-refractivity contribution in [2.24, 2.45) is 0 Å². The highest BCUT2D eigenvalue weighted by Gasteiger charge is 2.39. The zero-order chi connectivity index (χ0) is 21.9. The van der Waals surface area contributed by atoms with E-state index in [9.17, 15) is 9.18 Å². The number of pyridine rings is 1. The van der Waals surface area contributed by atoms with E-state index in [0.29, 0.717) is 29.1 Å². The van der Waals surface area contributed by atoms with Crippen LogP contribution in [-0.2, 0) is 0 Å². The summed E-state index contributed by atoms with van der Waals surface area (Å²) in [7, 11) is 1.79. The molecule has 168 valence electrons. The van der Waals surface area contributed by atoms with Crippen molar-refractivity contribution in [3.05, 3.63) is 41.9 Å². The first-order valence-electron chi connectivity index (χ1n) is 10.4. The van der Waals surface area contributed by atoms with E-state index in [1.165, 1.54) is 6.20 Å². The number of carbonyl (C=O) groups excluding carboxylic acids is 1. The van der Waals surface area contributed by atoms with Crippen molar-refractivity contribution >= 4 is 41.9 Å². The number of amides is 1. The molecule has 2 N–H and O–H groups in total. The molecule has 8 nitrogen and oxygen atoms in total. The Morgan fingerprint density at radius 2 is 2.00 bits per heavy atom. The highest BCUT2D eigenvalue weighted by molar-refractivity contribution is 7.59. The quantitative estimate of drug-likeness (QED) is 0.480. The summed E-state index contributed by atoms with van der Waals surface area (Å²) in [5, 5.41) is 11.2. The minimum atomic E-state index is -0.972. The molecule has 4 heterocycles. The first-order valence-corrected chi connectivity index (χ1v) is 10.4. The molecule has 2 unspecified atom stereocenters. The Labute approximate surface area is 191 Å². The largest absolute Gasteiger partial charge is 0.373 e. The fraction of sp³-hybridized carbons (Fsp3) is 0.364. The van der Waals surface area contributed by atoms with Crippen LogP contribution in [-0.4, -0.2) is 49.3 Å². The summed E-state index contributed by atoms with van der Waals surface area (Å²) >= 11 is 0. The highest BCUT2D eigenvalue weighted by Crippen LogP contribution is 2.33. The van der Waals surface area contributed by atoms with Gasteiger partial charge >= 0.3 is 0 Å². The molecular formula is C22H26FN7OS. The zero-order valence-corrected chi connectivity index (χ0v) is 19.3. The molecule has 1 aliphatic rings. The van der Waals surface area contributed by atoms with E-state index in [1.54, 1.807) is 11.6 Å². The first-order chi connectivity index (χ1) is 14.9. The first kappa shape index (κ1) is 22.1. The minimum Gasteiger partial charge on any atom is -0.373 e. The highest BCUT2D eigenvalue weighted by atomic mass is 32.1. The van der Waals surface area contributed by atoms with Crippen LogP contribution in [0.15, 0.2) is 30.7 Å². The van der Waals surface area contributed by atoms with Crippen LogP contribution in [0.1, 0.15) is 42.2 Å². The van der Waals surface area contributed by atoms with Crippen molar-refractivity contribution in [3.8, 4) is 11.3 Å². The van der Waals surface area contributed by atoms with Crippen LogP contribution in [0.4, 0.5) is 10.2 Å². The van der Waals surface area contributed by atoms with Gasteiger partial charge in [0.25, 0.3) is 5.91 Å². The molecular weight excluding hydrogens is 429 g/mol. The normalized spacial score (nSPS) is 17.6. The molecule has 4 aromatic rings. The predicted molar refractivity (Wildman–Crippen MR) is 128 cm³/mol. The number of aromatic nitrogens is 5. The SMILES string of the molecule is CNc1cc(-c2cn(C(C)C)c3ncc(C)cc23)nc2c(C(=O)NC3CC3F)cnn12.S. The Balaban J connectivity index is 0.00000245. The van der Waals surface area contributed by atoms with Gasteiger partial charge in [-0.25, -0.2) is 14.4 Å². The van der Waals surface area contributed by atoms with Crippen LogP contribution in [0.3, 0.4) is 0 Å². The minimum absolute atomic E-state index is 0. The Bertz CT molecular complexity index is 1330. The van der Waals surface area contributed by atoms with Crippen LogP contribution in [0, 0.1) is 6.92 Å². The summed E-state index contributed by atoms with van der Waals surface area (Å²) in [5.41, 5.74) is 4.31. The van der Waals surface area contributed by atoms with Gasteiger partial charge in [0.05, 0.1) is 17.9 Å². The smallest absolute Gasteiger partial charge is 0.257 e. The van der Waals surface area contributed by atoms with Gasteiger partial charge in [-0.15, -0.1) is 0 Å². The fourth-order valence-corrected chi connectivity index (χ4v) is 3.83. The predicted octanol–water partition coefficient (Wildman–Crippen LogP) is 3.63. The number of fused-ring (bicyclic) bond motifs is 2. The fourth-order valence-electron chi connectivity index (χ4n) is 3.83. The molecule has 5 rings (SSSR count). The summed E-state index contributed by atoms with van der Waals surface area (Å²) < 4.78 is 17.0. The monoisotopic (exact) mass is 455 g/mol. The molecule has 1 aliphatic carbocycles. The van der Waals surface area contributed by atoms with Crippen molar-refractivity contribution in [1.82, 2.24) is 29.5 Å². The molecule has 0 bridgehead atoms. The van der Waals surface area contributed by atoms with Crippen LogP contribution < -0.4 is 10.6 Å². The number of rotatable bonds is 5. The molecule has 0 aliphatic heterocycles. The second-order valence-corrected chi connectivity index (χ2v) is 8.33. The second kappa shape index (κ2) is 8.09. The van der Waals surface area contributed by atoms with Crippen LogP contribution in [0.5, 0.6) is 0 Å². The molecule has 0 aromatic carbocycles. The van der Waals surface area contributed by atoms with Gasteiger partial charge in [0.2, 0.25) is 0 Å². The number of nitrogens with one attached hydrogen (secondary N) is 2. The van der Waals surface area contributed by atoms with E-state index in [2.05, 4.69) is 45.2 Å². The number of halogens is 1. The molecule has 1 saturated carbocycles. The number of alkyl halides is 1. The van der Waals surface area contributed by atoms with Crippen LogP contribution in [0.2, 0.25) is 0 Å². The standard InChI is InChI=1S/C22H24FN7O.H2S/c1-11(2)29-10-15(13-5-12(3)8-25-20(13)29)17-7-19(24-4)30-21(27-17)14(9-26-30)22(31)28-18-6-16(18)23;/h5,7-11,16,18,24H,6H2,1-4H3,(H,28,31);1H2. The van der Waals surface area contributed by atoms with Gasteiger partial charge in [-0.2, -0.15) is 23.1 Å². The maximum Gasteiger partial charge on any atom is 0.257 e. The van der Waals surface area contributed by atoms with E-state index in [1.807, 2.05) is 25.4 Å². The number of nitrogens with zero attached hydrogens (tertiary/aromatic N) is 5. The summed E-state index contributed by atoms with van der Waals surface area (Å²) in [5.74, 6) is 0.328. The Hall–Kier alpha value is -3.14. The van der Waals surface area contributed by atoms with E-state index in [0.717, 1.165) is 22.2 Å². The van der Waals surface area contributed by atoms with Crippen molar-refractivity contribution in [3.63, 3.8) is 0 Å². The molecule has 0 radical (unpaired) electrons. The molecule has 1 amide bonds. The van der Waals surface area contributed by atoms with E-state index >= 15 is 0 Å². The molecule has 4 aromatic heterocycles. The summed E-state index contributed by atoms with van der Waals surface area (Å²) in [4.78, 5) is 22.1. The third-order valence-electron chi connectivity index (χ3n) is 5.64. The average molecular weight is 456 g/mol. The lowest BCUT2D eigenvalue weighted by Crippen LogP contribution is -2.27. The summed E-state index contributed by atoms with van der Waals surface area (Å²) in [6.07, 6.45) is 4.76. The lowest BCUT2D eigenvalue weighted by Gasteiger charge is -2.08. The topological polar surface area (TPSA) is 89.1 Å². The number of carbonyl (C=O) groups is 1. The number of aryl methyl sites for hydroxylation is 1. The van der Waals surface area contributed by atoms with E-state index < -0.39 is 12.2 Å². The summed E-state index contributed by atoms with van der Waals surface area (Å²) in [6.45, 7) is 6.22. The van der Waals surface area contributed by atoms with E-state index in [4.69, 9.17) is 4.98 Å². The molecule has 0 spiro atoms. The average Bonchev–Trinajstić information content (AvgIpc) is 3.14. The van der Waals surface area contributed by atoms with Gasteiger partial charge in [0, 0.05) is 48.9 Å². The van der Waals surface area contributed by atoms with Crippen molar-refractivity contribution in [2.45, 2.75) is 45.4 Å². The lowest BCUT2D eigenvalue weighted by atomic mass is 10.1. The third kappa shape index (κ3) is 3.58. The van der Waals surface area contributed by atoms with Crippen LogP contribution >= 0.6 is 13.5 Å². The van der Waals surface area contributed by atoms with Gasteiger partial charge in [-0.05, 0) is 32.4 Å². The Kier molecular flexibility index (Phi) is 5.58. The number of hydrogen-bond acceptors (Lipinski definition) is 5. The van der Waals surface area contributed by atoms with Crippen molar-refractivity contribution in [2.75, 3.05) is 12.4 Å². The van der Waals surface area contributed by atoms with Crippen LogP contribution in [0.25, 0.3) is 27.9 Å². The number of anilines is 1. The molecule has 1 fully saturated rings. The lowest BCUT2D eigenvalue weighted by molar-refractivity contribution is 0.0949. The van der Waals surface area contributed by atoms with Crippen molar-refractivity contribution < 1.29 is 9.18 Å². The summed E-state index contributed by atoms with van der Waals surface area (Å²) in [6, 6.07) is 3.80. The van der Waals surface area contributed by atoms with Gasteiger partial charge < -0.3 is 15.2 Å². The zero-order valence-electron chi connectivity index (χ0n) is 18.3. The van der Waals surface area contributed by atoms with Crippen molar-refractivity contribution in [1.29, 1.82) is 0 Å². The third-order valence-corrected chi connectivity index (χ3v) is 5.64. The number of hydrogen-bond donors (Lipinski definition) is 2. The van der Waals surface area contributed by atoms with Gasteiger partial charge in [0.15, 0.2) is 5.65 Å². The van der Waals surface area contributed by atoms with Gasteiger partial charge in [-0.1, -0.05) is 0 Å². The maximum atomic E-state index is 13.3. The maximum absolute atomic E-state index is 13.3. The molecule has 10 heteroatoms.